The predicted molar refractivity (Wildman–Crippen MR) is 111 cm³/mol. The Morgan fingerprint density at radius 1 is 0.778 bits per heavy atom. The van der Waals surface area contributed by atoms with Gasteiger partial charge in [-0.1, -0.05) is 34.7 Å². The van der Waals surface area contributed by atoms with Crippen molar-refractivity contribution in [2.75, 3.05) is 7.11 Å². The Kier molecular flexibility index (Phi) is 6.37. The summed E-state index contributed by atoms with van der Waals surface area (Å²) in [5, 5.41) is 0. The van der Waals surface area contributed by atoms with Crippen molar-refractivity contribution in [2.24, 2.45) is 0 Å². The summed E-state index contributed by atoms with van der Waals surface area (Å²) in [5.41, 5.74) is 0.579. The maximum atomic E-state index is 12.9. The molecule has 0 spiro atoms. The highest BCUT2D eigenvalue weighted by Gasteiger charge is 2.33. The second kappa shape index (κ2) is 8.56. The second-order valence-electron chi connectivity index (χ2n) is 5.78. The van der Waals surface area contributed by atoms with E-state index in [2.05, 4.69) is 46.9 Å². The lowest BCUT2D eigenvalue weighted by molar-refractivity contribution is -0.137. The first-order valence-corrected chi connectivity index (χ1v) is 10.9. The fourth-order valence-electron chi connectivity index (χ4n) is 2.61. The summed E-state index contributed by atoms with van der Waals surface area (Å²) in [5.74, 6) is 0.745. The first-order valence-electron chi connectivity index (χ1n) is 8.13. The third kappa shape index (κ3) is 4.79. The molecule has 27 heavy (non-hydrogen) atoms. The van der Waals surface area contributed by atoms with Gasteiger partial charge < -0.3 is 4.74 Å². The van der Waals surface area contributed by atoms with Crippen LogP contribution >= 0.6 is 22.6 Å². The molecule has 0 saturated carbocycles. The van der Waals surface area contributed by atoms with Crippen LogP contribution in [0.15, 0.2) is 87.5 Å². The van der Waals surface area contributed by atoms with Crippen molar-refractivity contribution in [1.29, 1.82) is 0 Å². The van der Waals surface area contributed by atoms with E-state index in [4.69, 9.17) is 4.74 Å². The fourth-order valence-corrected chi connectivity index (χ4v) is 5.16. The van der Waals surface area contributed by atoms with Gasteiger partial charge in [0.2, 0.25) is 0 Å². The maximum absolute atomic E-state index is 12.9. The minimum atomic E-state index is -4.33. The lowest BCUT2D eigenvalue weighted by Crippen LogP contribution is -2.08. The minimum Gasteiger partial charge on any atom is -0.497 e. The monoisotopic (exact) mass is 501 g/mol. The summed E-state index contributed by atoms with van der Waals surface area (Å²) < 4.78 is 44.9. The van der Waals surface area contributed by atoms with Crippen molar-refractivity contribution in [3.8, 4) is 5.75 Å². The molecule has 3 rings (SSSR count). The molecule has 0 amide bonds. The summed E-state index contributed by atoms with van der Waals surface area (Å²) in [6.07, 6.45) is -4.33. The van der Waals surface area contributed by atoms with Gasteiger partial charge in [-0.2, -0.15) is 13.2 Å². The highest BCUT2D eigenvalue weighted by atomic mass is 127. The summed E-state index contributed by atoms with van der Waals surface area (Å²) in [6, 6.07) is 21.4. The van der Waals surface area contributed by atoms with Crippen LogP contribution in [0.1, 0.15) is 11.1 Å². The van der Waals surface area contributed by atoms with Crippen molar-refractivity contribution in [1.82, 2.24) is 0 Å². The average Bonchev–Trinajstić information content (AvgIpc) is 2.69. The van der Waals surface area contributed by atoms with Gasteiger partial charge in [-0.15, -0.1) is 0 Å². The number of benzene rings is 3. The van der Waals surface area contributed by atoms with E-state index in [9.17, 15) is 13.2 Å². The van der Waals surface area contributed by atoms with Gasteiger partial charge >= 0.3 is 6.18 Å². The summed E-state index contributed by atoms with van der Waals surface area (Å²) >= 11 is 2.31. The van der Waals surface area contributed by atoms with Crippen molar-refractivity contribution in [3.63, 3.8) is 0 Å². The molecule has 0 radical (unpaired) electrons. The first-order chi connectivity index (χ1) is 12.9. The Balaban J connectivity index is 2.05. The molecule has 0 aliphatic heterocycles. The Morgan fingerprint density at radius 2 is 1.22 bits per heavy atom. The largest absolute Gasteiger partial charge is 0.497 e. The van der Waals surface area contributed by atoms with Gasteiger partial charge in [0.25, 0.3) is 0 Å². The quantitative estimate of drug-likeness (QED) is 0.214. The molecule has 140 valence electrons. The SMILES string of the molecule is COc1ccc([S+](c2ccc(CI)cc2)c2ccc(C(F)(F)F)cc2)cc1. The smallest absolute Gasteiger partial charge is 0.416 e. The highest BCUT2D eigenvalue weighted by Crippen LogP contribution is 2.35. The number of alkyl halides is 4. The van der Waals surface area contributed by atoms with Crippen LogP contribution in [0.2, 0.25) is 0 Å². The van der Waals surface area contributed by atoms with Crippen LogP contribution in [-0.4, -0.2) is 7.11 Å². The molecule has 0 heterocycles. The Morgan fingerprint density at radius 3 is 1.63 bits per heavy atom. The van der Waals surface area contributed by atoms with Gasteiger partial charge in [0.1, 0.15) is 5.75 Å². The standard InChI is InChI=1S/C21H17F3IOS/c1-26-17-6-12-20(13-7-17)27(18-8-2-15(14-25)3-9-18)19-10-4-16(5-11-19)21(22,23)24/h2-13H,14H2,1H3/q+1. The molecule has 0 aromatic heterocycles. The van der Waals surface area contributed by atoms with Crippen LogP contribution in [0.4, 0.5) is 13.2 Å². The van der Waals surface area contributed by atoms with Gasteiger partial charge in [0, 0.05) is 4.43 Å². The van der Waals surface area contributed by atoms with Gasteiger partial charge in [-0.05, 0) is 66.2 Å². The zero-order chi connectivity index (χ0) is 19.4. The molecular weight excluding hydrogens is 484 g/mol. The topological polar surface area (TPSA) is 9.23 Å². The van der Waals surface area contributed by atoms with Crippen LogP contribution in [0.5, 0.6) is 5.75 Å². The second-order valence-corrected chi connectivity index (χ2v) is 8.57. The molecule has 1 nitrogen and oxygen atoms in total. The van der Waals surface area contributed by atoms with Crippen LogP contribution < -0.4 is 4.74 Å². The number of hydrogen-bond donors (Lipinski definition) is 0. The average molecular weight is 501 g/mol. The van der Waals surface area contributed by atoms with Crippen LogP contribution in [0, 0.1) is 0 Å². The van der Waals surface area contributed by atoms with Gasteiger partial charge in [-0.25, -0.2) is 0 Å². The predicted octanol–water partition coefficient (Wildman–Crippen LogP) is 6.74. The molecule has 1 atom stereocenters. The number of hydrogen-bond acceptors (Lipinski definition) is 1. The molecule has 3 aromatic rings. The zero-order valence-corrected chi connectivity index (χ0v) is 17.4. The number of ether oxygens (including phenoxy) is 1. The maximum Gasteiger partial charge on any atom is 0.416 e. The number of halogens is 4. The van der Waals surface area contributed by atoms with Gasteiger partial charge in [0.15, 0.2) is 14.7 Å². The van der Waals surface area contributed by atoms with Crippen LogP contribution in [0.3, 0.4) is 0 Å². The van der Waals surface area contributed by atoms with Gasteiger partial charge in [0.05, 0.1) is 23.6 Å². The van der Waals surface area contributed by atoms with E-state index < -0.39 is 22.6 Å². The lowest BCUT2D eigenvalue weighted by atomic mass is 10.2. The lowest BCUT2D eigenvalue weighted by Gasteiger charge is -2.11. The summed E-state index contributed by atoms with van der Waals surface area (Å²) in [7, 11) is 1.11. The van der Waals surface area contributed by atoms with Crippen molar-refractivity contribution in [3.05, 3.63) is 83.9 Å². The molecule has 0 N–H and O–H groups in total. The molecule has 3 aromatic carbocycles. The van der Waals surface area contributed by atoms with E-state index in [0.717, 1.165) is 37.0 Å². The van der Waals surface area contributed by atoms with Crippen LogP contribution in [-0.2, 0) is 21.5 Å². The number of rotatable bonds is 5. The molecular formula is C21H17F3IOS+. The molecule has 0 aliphatic carbocycles. The third-order valence-corrected chi connectivity index (χ3v) is 7.14. The van der Waals surface area contributed by atoms with Crippen molar-refractivity contribution in [2.45, 2.75) is 25.3 Å². The molecule has 0 aliphatic rings. The minimum absolute atomic E-state index is 0.496. The fraction of sp³-hybridized carbons (Fsp3) is 0.143. The normalized spacial score (nSPS) is 12.6. The van der Waals surface area contributed by atoms with E-state index in [1.807, 2.05) is 24.3 Å². The van der Waals surface area contributed by atoms with E-state index in [0.29, 0.717) is 0 Å². The summed E-state index contributed by atoms with van der Waals surface area (Å²) in [4.78, 5) is 2.93. The first kappa shape index (κ1) is 20.1. The summed E-state index contributed by atoms with van der Waals surface area (Å²) in [6.45, 7) is 0. The van der Waals surface area contributed by atoms with Crippen LogP contribution in [0.25, 0.3) is 0 Å². The molecule has 1 unspecified atom stereocenters. The number of methoxy groups -OCH3 is 1. The van der Waals surface area contributed by atoms with E-state index in [1.165, 1.54) is 5.56 Å². The van der Waals surface area contributed by atoms with E-state index in [-0.39, 0.29) is 0 Å². The Bertz CT molecular complexity index is 828. The highest BCUT2D eigenvalue weighted by molar-refractivity contribution is 14.1. The third-order valence-electron chi connectivity index (χ3n) is 4.03. The van der Waals surface area contributed by atoms with E-state index >= 15 is 0 Å². The van der Waals surface area contributed by atoms with Crippen molar-refractivity contribution < 1.29 is 17.9 Å². The molecule has 0 bridgehead atoms. The molecule has 0 saturated heterocycles. The molecule has 6 heteroatoms. The van der Waals surface area contributed by atoms with E-state index in [1.54, 1.807) is 19.2 Å². The van der Waals surface area contributed by atoms with Gasteiger partial charge in [-0.3, -0.25) is 0 Å². The molecule has 0 fully saturated rings. The Hall–Kier alpha value is -1.67. The Labute approximate surface area is 173 Å². The zero-order valence-electron chi connectivity index (χ0n) is 14.5. The van der Waals surface area contributed by atoms with Crippen molar-refractivity contribution >= 4 is 33.5 Å².